The summed E-state index contributed by atoms with van der Waals surface area (Å²) < 4.78 is 1.88. The maximum atomic E-state index is 6.28. The van der Waals surface area contributed by atoms with Gasteiger partial charge in [0.1, 0.15) is 17.0 Å². The average Bonchev–Trinajstić information content (AvgIpc) is 3.11. The van der Waals surface area contributed by atoms with Gasteiger partial charge in [0.2, 0.25) is 0 Å². The van der Waals surface area contributed by atoms with Crippen LogP contribution in [0.3, 0.4) is 0 Å². The normalized spacial score (nSPS) is 11.6. The Morgan fingerprint density at radius 3 is 2.58 bits per heavy atom. The Morgan fingerprint density at radius 1 is 0.935 bits per heavy atom. The molecule has 3 heterocycles. The van der Waals surface area contributed by atoms with Gasteiger partial charge in [0.15, 0.2) is 11.0 Å². The number of imidazole rings is 1. The van der Waals surface area contributed by atoms with E-state index in [2.05, 4.69) is 57.8 Å². The number of hydrogen-bond donors (Lipinski definition) is 1. The summed E-state index contributed by atoms with van der Waals surface area (Å²) >= 11 is 6.28. The highest BCUT2D eigenvalue weighted by atomic mass is 35.5. The number of benzene rings is 2. The molecule has 0 saturated carbocycles. The number of pyridine rings is 1. The SMILES string of the molecule is Cc1ccc(-c2nnc(NN=Cc3c(Cl)nc4ccccn34)c3ccccc23)cc1C. The summed E-state index contributed by atoms with van der Waals surface area (Å²) in [7, 11) is 0. The Labute approximate surface area is 184 Å². The molecule has 0 saturated heterocycles. The standard InChI is InChI=1S/C24H19ClN6/c1-15-10-11-17(13-16(15)2)22-18-7-3-4-8-19(18)24(30-28-22)29-26-14-20-23(25)27-21-9-5-6-12-31(20)21/h3-14H,1-2H3,(H,29,30). The first-order chi connectivity index (χ1) is 15.1. The zero-order valence-electron chi connectivity index (χ0n) is 17.0. The van der Waals surface area contributed by atoms with Crippen molar-refractivity contribution in [3.63, 3.8) is 0 Å². The summed E-state index contributed by atoms with van der Waals surface area (Å²) in [5.74, 6) is 0.573. The smallest absolute Gasteiger partial charge is 0.176 e. The Kier molecular flexibility index (Phi) is 4.84. The molecule has 0 spiro atoms. The first kappa shape index (κ1) is 19.2. The van der Waals surface area contributed by atoms with E-state index in [-0.39, 0.29) is 0 Å². The van der Waals surface area contributed by atoms with Gasteiger partial charge in [0.05, 0.1) is 6.21 Å². The number of halogens is 1. The van der Waals surface area contributed by atoms with Gasteiger partial charge < -0.3 is 0 Å². The Balaban J connectivity index is 1.52. The number of anilines is 1. The summed E-state index contributed by atoms with van der Waals surface area (Å²) in [4.78, 5) is 4.33. The fraction of sp³-hybridized carbons (Fsp3) is 0.0833. The van der Waals surface area contributed by atoms with Gasteiger partial charge in [-0.3, -0.25) is 9.83 Å². The van der Waals surface area contributed by atoms with Crippen LogP contribution < -0.4 is 5.43 Å². The van der Waals surface area contributed by atoms with Crippen molar-refractivity contribution in [2.24, 2.45) is 5.10 Å². The van der Waals surface area contributed by atoms with Crippen LogP contribution in [0.4, 0.5) is 5.82 Å². The molecule has 0 aliphatic carbocycles. The number of nitrogens with zero attached hydrogens (tertiary/aromatic N) is 5. The molecule has 31 heavy (non-hydrogen) atoms. The predicted octanol–water partition coefficient (Wildman–Crippen LogP) is 5.66. The molecule has 0 amide bonds. The maximum absolute atomic E-state index is 6.28. The predicted molar refractivity (Wildman–Crippen MR) is 126 cm³/mol. The van der Waals surface area contributed by atoms with Gasteiger partial charge in [0.25, 0.3) is 0 Å². The lowest BCUT2D eigenvalue weighted by atomic mass is 10.0. The van der Waals surface area contributed by atoms with Gasteiger partial charge >= 0.3 is 0 Å². The van der Waals surface area contributed by atoms with Gasteiger partial charge in [-0.15, -0.1) is 10.2 Å². The molecule has 6 nitrogen and oxygen atoms in total. The van der Waals surface area contributed by atoms with Gasteiger partial charge in [-0.2, -0.15) is 5.10 Å². The van der Waals surface area contributed by atoms with E-state index in [1.54, 1.807) is 6.21 Å². The second-order valence-electron chi connectivity index (χ2n) is 7.33. The van der Waals surface area contributed by atoms with Crippen LogP contribution in [0.5, 0.6) is 0 Å². The lowest BCUT2D eigenvalue weighted by molar-refractivity contribution is 1.04. The summed E-state index contributed by atoms with van der Waals surface area (Å²) in [5.41, 5.74) is 8.82. The Morgan fingerprint density at radius 2 is 1.74 bits per heavy atom. The highest BCUT2D eigenvalue weighted by Gasteiger charge is 2.12. The quantitative estimate of drug-likeness (QED) is 0.297. The van der Waals surface area contributed by atoms with Crippen molar-refractivity contribution < 1.29 is 0 Å². The van der Waals surface area contributed by atoms with E-state index in [9.17, 15) is 0 Å². The van der Waals surface area contributed by atoms with E-state index >= 15 is 0 Å². The Hall–Kier alpha value is -3.77. The lowest BCUT2D eigenvalue weighted by Crippen LogP contribution is -2.00. The van der Waals surface area contributed by atoms with Crippen LogP contribution in [-0.2, 0) is 0 Å². The third-order valence-electron chi connectivity index (χ3n) is 5.35. The molecule has 3 aromatic heterocycles. The second-order valence-corrected chi connectivity index (χ2v) is 7.69. The summed E-state index contributed by atoms with van der Waals surface area (Å²) in [6.07, 6.45) is 3.53. The van der Waals surface area contributed by atoms with Crippen LogP contribution in [0.2, 0.25) is 5.15 Å². The minimum Gasteiger partial charge on any atom is -0.297 e. The number of fused-ring (bicyclic) bond motifs is 2. The highest BCUT2D eigenvalue weighted by Crippen LogP contribution is 2.30. The molecule has 0 aliphatic rings. The van der Waals surface area contributed by atoms with Gasteiger partial charge in [0, 0.05) is 22.5 Å². The van der Waals surface area contributed by atoms with Crippen LogP contribution in [0.15, 0.2) is 72.0 Å². The first-order valence-corrected chi connectivity index (χ1v) is 10.2. The second kappa shape index (κ2) is 7.81. The summed E-state index contributed by atoms with van der Waals surface area (Å²) in [6.45, 7) is 4.20. The number of rotatable bonds is 4. The minimum absolute atomic E-state index is 0.387. The number of aromatic nitrogens is 4. The lowest BCUT2D eigenvalue weighted by Gasteiger charge is -2.10. The van der Waals surface area contributed by atoms with E-state index in [1.165, 1.54) is 11.1 Å². The molecule has 7 heteroatoms. The molecule has 0 unspecified atom stereocenters. The van der Waals surface area contributed by atoms with Crippen molar-refractivity contribution in [2.75, 3.05) is 5.43 Å². The molecular formula is C24H19ClN6. The third kappa shape index (κ3) is 3.51. The van der Waals surface area contributed by atoms with Gasteiger partial charge in [-0.1, -0.05) is 54.1 Å². The van der Waals surface area contributed by atoms with E-state index < -0.39 is 0 Å². The van der Waals surface area contributed by atoms with E-state index in [4.69, 9.17) is 11.6 Å². The molecular weight excluding hydrogens is 408 g/mol. The van der Waals surface area contributed by atoms with Crippen LogP contribution in [-0.4, -0.2) is 25.8 Å². The van der Waals surface area contributed by atoms with E-state index in [0.29, 0.717) is 16.7 Å². The third-order valence-corrected chi connectivity index (χ3v) is 5.63. The van der Waals surface area contributed by atoms with Crippen molar-refractivity contribution in [2.45, 2.75) is 13.8 Å². The number of aryl methyl sites for hydroxylation is 2. The largest absolute Gasteiger partial charge is 0.297 e. The van der Waals surface area contributed by atoms with E-state index in [0.717, 1.165) is 27.7 Å². The zero-order chi connectivity index (χ0) is 21.4. The molecule has 5 rings (SSSR count). The molecule has 2 aromatic carbocycles. The maximum Gasteiger partial charge on any atom is 0.176 e. The molecule has 0 aliphatic heterocycles. The minimum atomic E-state index is 0.387. The summed E-state index contributed by atoms with van der Waals surface area (Å²) in [5, 5.41) is 15.6. The van der Waals surface area contributed by atoms with Crippen LogP contribution >= 0.6 is 11.6 Å². The van der Waals surface area contributed by atoms with Gasteiger partial charge in [-0.25, -0.2) is 4.98 Å². The summed E-state index contributed by atoms with van der Waals surface area (Å²) in [6, 6.07) is 20.1. The molecule has 5 aromatic rings. The molecule has 1 N–H and O–H groups in total. The molecule has 0 bridgehead atoms. The zero-order valence-corrected chi connectivity index (χ0v) is 17.8. The van der Waals surface area contributed by atoms with Crippen molar-refractivity contribution in [1.82, 2.24) is 19.6 Å². The molecule has 152 valence electrons. The molecule has 0 radical (unpaired) electrons. The van der Waals surface area contributed by atoms with Crippen LogP contribution in [0.25, 0.3) is 27.7 Å². The fourth-order valence-electron chi connectivity index (χ4n) is 3.54. The average molecular weight is 427 g/mol. The van der Waals surface area contributed by atoms with Gasteiger partial charge in [-0.05, 0) is 43.2 Å². The first-order valence-electron chi connectivity index (χ1n) is 9.86. The number of hydrogen-bond acceptors (Lipinski definition) is 5. The number of hydrazone groups is 1. The Bertz CT molecular complexity index is 1450. The van der Waals surface area contributed by atoms with Crippen molar-refractivity contribution in [1.29, 1.82) is 0 Å². The topological polar surface area (TPSA) is 67.5 Å². The molecule has 0 atom stereocenters. The number of nitrogens with one attached hydrogen (secondary N) is 1. The van der Waals surface area contributed by atoms with Crippen molar-refractivity contribution >= 4 is 40.1 Å². The van der Waals surface area contributed by atoms with E-state index in [1.807, 2.05) is 53.1 Å². The van der Waals surface area contributed by atoms with Crippen LogP contribution in [0.1, 0.15) is 16.8 Å². The monoisotopic (exact) mass is 426 g/mol. The van der Waals surface area contributed by atoms with Crippen molar-refractivity contribution in [3.05, 3.63) is 88.8 Å². The van der Waals surface area contributed by atoms with Crippen LogP contribution in [0, 0.1) is 13.8 Å². The molecule has 0 fully saturated rings. The fourth-order valence-corrected chi connectivity index (χ4v) is 3.77. The highest BCUT2D eigenvalue weighted by molar-refractivity contribution is 6.32. The van der Waals surface area contributed by atoms with Crippen molar-refractivity contribution in [3.8, 4) is 11.3 Å².